The number of piperazine rings is 1. The van der Waals surface area contributed by atoms with E-state index in [-0.39, 0.29) is 5.91 Å². The summed E-state index contributed by atoms with van der Waals surface area (Å²) in [6.45, 7) is 7.11. The van der Waals surface area contributed by atoms with E-state index < -0.39 is 0 Å². The fourth-order valence-electron chi connectivity index (χ4n) is 4.80. The number of nitrogens with zero attached hydrogens (tertiary/aromatic N) is 7. The molecule has 1 saturated heterocycles. The Morgan fingerprint density at radius 1 is 1.10 bits per heavy atom. The normalized spacial score (nSPS) is 16.7. The van der Waals surface area contributed by atoms with Crippen LogP contribution in [0.25, 0.3) is 5.78 Å². The number of rotatable bonds is 5. The summed E-state index contributed by atoms with van der Waals surface area (Å²) in [6.07, 6.45) is 7.10. The van der Waals surface area contributed by atoms with Gasteiger partial charge in [-0.3, -0.25) is 14.3 Å². The van der Waals surface area contributed by atoms with Gasteiger partial charge in [0, 0.05) is 55.6 Å². The van der Waals surface area contributed by atoms with Gasteiger partial charge in [-0.05, 0) is 32.1 Å². The van der Waals surface area contributed by atoms with E-state index in [9.17, 15) is 4.79 Å². The van der Waals surface area contributed by atoms with Crippen molar-refractivity contribution in [3.63, 3.8) is 0 Å². The van der Waals surface area contributed by atoms with Crippen molar-refractivity contribution in [2.24, 2.45) is 0 Å². The lowest BCUT2D eigenvalue weighted by Gasteiger charge is -2.35. The molecule has 9 nitrogen and oxygen atoms in total. The predicted molar refractivity (Wildman–Crippen MR) is 118 cm³/mol. The average molecular weight is 423 g/mol. The number of carbonyl (C=O) groups is 1. The number of aromatic nitrogens is 6. The molecule has 9 heteroatoms. The van der Waals surface area contributed by atoms with Gasteiger partial charge in [0.2, 0.25) is 0 Å². The number of H-pyrrole nitrogens is 1. The molecule has 3 aromatic heterocycles. The summed E-state index contributed by atoms with van der Waals surface area (Å²) in [5.74, 6) is 2.60. The van der Waals surface area contributed by atoms with Crippen molar-refractivity contribution in [1.82, 2.24) is 34.7 Å². The number of hydrogen-bond acceptors (Lipinski definition) is 6. The van der Waals surface area contributed by atoms with Gasteiger partial charge in [0.1, 0.15) is 11.6 Å². The number of nitrogens with one attached hydrogen (secondary N) is 1. The molecule has 0 bridgehead atoms. The van der Waals surface area contributed by atoms with Crippen molar-refractivity contribution in [2.75, 3.05) is 31.1 Å². The summed E-state index contributed by atoms with van der Waals surface area (Å²) >= 11 is 0. The first-order valence-electron chi connectivity index (χ1n) is 11.5. The molecule has 1 aliphatic carbocycles. The van der Waals surface area contributed by atoms with Crippen LogP contribution in [-0.2, 0) is 25.7 Å². The predicted octanol–water partition coefficient (Wildman–Crippen LogP) is 2.20. The molecule has 0 spiro atoms. The quantitative estimate of drug-likeness (QED) is 0.677. The van der Waals surface area contributed by atoms with Gasteiger partial charge in [-0.25, -0.2) is 0 Å². The smallest absolute Gasteiger partial charge is 0.274 e. The summed E-state index contributed by atoms with van der Waals surface area (Å²) < 4.78 is 2.09. The number of anilines is 1. The Labute approximate surface area is 181 Å². The van der Waals surface area contributed by atoms with Crippen LogP contribution in [0.3, 0.4) is 0 Å². The highest BCUT2D eigenvalue weighted by Crippen LogP contribution is 2.24. The molecule has 1 amide bonds. The van der Waals surface area contributed by atoms with Gasteiger partial charge in [0.25, 0.3) is 11.7 Å². The van der Waals surface area contributed by atoms with Gasteiger partial charge in [0.15, 0.2) is 5.69 Å². The maximum Gasteiger partial charge on any atom is 0.274 e. The molecule has 5 rings (SSSR count). The molecule has 0 radical (unpaired) electrons. The van der Waals surface area contributed by atoms with Crippen LogP contribution in [0.5, 0.6) is 0 Å². The monoisotopic (exact) mass is 422 g/mol. The number of fused-ring (bicyclic) bond motifs is 2. The zero-order chi connectivity index (χ0) is 21.4. The third-order valence-corrected chi connectivity index (χ3v) is 6.48. The van der Waals surface area contributed by atoms with Gasteiger partial charge in [-0.1, -0.05) is 20.3 Å². The molecule has 164 valence electrons. The van der Waals surface area contributed by atoms with Crippen LogP contribution in [0, 0.1) is 0 Å². The van der Waals surface area contributed by atoms with Gasteiger partial charge < -0.3 is 9.80 Å². The van der Waals surface area contributed by atoms with Crippen molar-refractivity contribution < 1.29 is 4.79 Å². The first-order chi connectivity index (χ1) is 15.2. The van der Waals surface area contributed by atoms with Crippen molar-refractivity contribution >= 4 is 17.5 Å². The fourth-order valence-corrected chi connectivity index (χ4v) is 4.80. The summed E-state index contributed by atoms with van der Waals surface area (Å²) in [6, 6.07) is 2.17. The molecule has 4 heterocycles. The van der Waals surface area contributed by atoms with Gasteiger partial charge in [-0.2, -0.15) is 10.1 Å². The minimum Gasteiger partial charge on any atom is -0.353 e. The fraction of sp³-hybridized carbons (Fsp3) is 0.591. The van der Waals surface area contributed by atoms with Crippen LogP contribution >= 0.6 is 0 Å². The number of aryl methyl sites for hydroxylation is 3. The van der Waals surface area contributed by atoms with Crippen LogP contribution in [0.15, 0.2) is 6.07 Å². The Morgan fingerprint density at radius 3 is 2.68 bits per heavy atom. The second-order valence-electron chi connectivity index (χ2n) is 8.48. The Morgan fingerprint density at radius 2 is 1.90 bits per heavy atom. The molecule has 1 N–H and O–H groups in total. The molecule has 0 saturated carbocycles. The van der Waals surface area contributed by atoms with E-state index in [0.717, 1.165) is 74.5 Å². The summed E-state index contributed by atoms with van der Waals surface area (Å²) in [7, 11) is 0. The highest BCUT2D eigenvalue weighted by atomic mass is 16.2. The molecule has 0 unspecified atom stereocenters. The first kappa shape index (κ1) is 20.0. The van der Waals surface area contributed by atoms with E-state index in [1.54, 1.807) is 0 Å². The lowest BCUT2D eigenvalue weighted by molar-refractivity contribution is 0.0739. The molecule has 1 fully saturated rings. The highest BCUT2D eigenvalue weighted by Gasteiger charge is 2.28. The third kappa shape index (κ3) is 3.55. The van der Waals surface area contributed by atoms with E-state index in [0.29, 0.717) is 24.6 Å². The van der Waals surface area contributed by atoms with Gasteiger partial charge in [-0.15, -0.1) is 10.2 Å². The molecule has 1 aliphatic heterocycles. The Balaban J connectivity index is 1.33. The maximum absolute atomic E-state index is 13.1. The summed E-state index contributed by atoms with van der Waals surface area (Å²) in [4.78, 5) is 22.1. The second-order valence-corrected chi connectivity index (χ2v) is 8.48. The standard InChI is InChI=1S/C22H30N8O/c1-3-7-15-14-19(23-22-27-25-18(4-2)30(15)22)28-10-12-29(13-11-28)21(31)20-16-8-5-6-9-17(16)24-26-20/h14H,3-13H2,1-2H3,(H,24,26). The van der Waals surface area contributed by atoms with E-state index >= 15 is 0 Å². The average Bonchev–Trinajstić information content (AvgIpc) is 3.43. The Bertz CT molecular complexity index is 1090. The molecule has 0 atom stereocenters. The maximum atomic E-state index is 13.1. The molecule has 31 heavy (non-hydrogen) atoms. The van der Waals surface area contributed by atoms with Crippen LogP contribution in [0.4, 0.5) is 5.82 Å². The lowest BCUT2D eigenvalue weighted by Crippen LogP contribution is -2.49. The minimum absolute atomic E-state index is 0.0548. The number of amides is 1. The molecule has 3 aromatic rings. The number of carbonyl (C=O) groups excluding carboxylic acids is 1. The topological polar surface area (TPSA) is 95.3 Å². The number of aromatic amines is 1. The first-order valence-corrected chi connectivity index (χ1v) is 11.5. The molecular weight excluding hydrogens is 392 g/mol. The molecule has 0 aromatic carbocycles. The van der Waals surface area contributed by atoms with E-state index in [1.165, 1.54) is 12.1 Å². The van der Waals surface area contributed by atoms with E-state index in [4.69, 9.17) is 4.98 Å². The van der Waals surface area contributed by atoms with E-state index in [1.807, 2.05) is 4.90 Å². The van der Waals surface area contributed by atoms with Crippen LogP contribution < -0.4 is 4.90 Å². The lowest BCUT2D eigenvalue weighted by atomic mass is 9.95. The SMILES string of the molecule is CCCc1cc(N2CCN(C(=O)c3n[nH]c4c3CCCC4)CC2)nc2nnc(CC)n12. The van der Waals surface area contributed by atoms with Crippen LogP contribution in [-0.4, -0.2) is 66.8 Å². The minimum atomic E-state index is 0.0548. The third-order valence-electron chi connectivity index (χ3n) is 6.48. The van der Waals surface area contributed by atoms with Crippen LogP contribution in [0.2, 0.25) is 0 Å². The summed E-state index contributed by atoms with van der Waals surface area (Å²) in [5, 5.41) is 16.1. The Hall–Kier alpha value is -2.97. The van der Waals surface area contributed by atoms with Gasteiger partial charge >= 0.3 is 0 Å². The number of hydrogen-bond donors (Lipinski definition) is 1. The summed E-state index contributed by atoms with van der Waals surface area (Å²) in [5.41, 5.74) is 4.11. The van der Waals surface area contributed by atoms with Crippen molar-refractivity contribution in [2.45, 2.75) is 58.8 Å². The zero-order valence-electron chi connectivity index (χ0n) is 18.4. The largest absolute Gasteiger partial charge is 0.353 e. The zero-order valence-corrected chi connectivity index (χ0v) is 18.4. The highest BCUT2D eigenvalue weighted by molar-refractivity contribution is 5.94. The molecular formula is C22H30N8O. The van der Waals surface area contributed by atoms with E-state index in [2.05, 4.69) is 49.6 Å². The van der Waals surface area contributed by atoms with Crippen LogP contribution in [0.1, 0.15) is 66.4 Å². The van der Waals surface area contributed by atoms with Crippen molar-refractivity contribution in [3.05, 3.63) is 34.5 Å². The van der Waals surface area contributed by atoms with Gasteiger partial charge in [0.05, 0.1) is 0 Å². The van der Waals surface area contributed by atoms with Crippen molar-refractivity contribution in [3.8, 4) is 0 Å². The second kappa shape index (κ2) is 8.28. The van der Waals surface area contributed by atoms with Crippen molar-refractivity contribution in [1.29, 1.82) is 0 Å². The molecule has 2 aliphatic rings. The Kier molecular flexibility index (Phi) is 5.33.